The predicted octanol–water partition coefficient (Wildman–Crippen LogP) is 1.86. The number of hydrogen-bond donors (Lipinski definition) is 8. The van der Waals surface area contributed by atoms with E-state index >= 15 is 0 Å². The van der Waals surface area contributed by atoms with Crippen LogP contribution in [0.25, 0.3) is 0 Å². The van der Waals surface area contributed by atoms with Crippen molar-refractivity contribution in [3.63, 3.8) is 0 Å². The lowest BCUT2D eigenvalue weighted by Crippen LogP contribution is -2.58. The van der Waals surface area contributed by atoms with Crippen LogP contribution in [-0.2, 0) is 28.8 Å². The zero-order valence-electron chi connectivity index (χ0n) is 31.5. The molecule has 0 radical (unpaired) electrons. The Morgan fingerprint density at radius 2 is 0.939 bits per heavy atom. The number of aliphatic hydroxyl groups excluding tert-OH is 2. The topological polar surface area (TPSA) is 223 Å². The zero-order chi connectivity index (χ0) is 38.2. The smallest absolute Gasteiger partial charge is 0.306 e. The van der Waals surface area contributed by atoms with Crippen molar-refractivity contribution in [3.8, 4) is 0 Å². The van der Waals surface area contributed by atoms with Gasteiger partial charge < -0.3 is 41.9 Å². The third kappa shape index (κ3) is 19.5. The van der Waals surface area contributed by atoms with Gasteiger partial charge in [-0.2, -0.15) is 0 Å². The van der Waals surface area contributed by atoms with Crippen molar-refractivity contribution in [3.05, 3.63) is 0 Å². The summed E-state index contributed by atoms with van der Waals surface area (Å²) in [6.45, 7) is 20.1. The summed E-state index contributed by atoms with van der Waals surface area (Å²) in [6.07, 6.45) is -2.38. The summed E-state index contributed by atoms with van der Waals surface area (Å²) in [7, 11) is 0. The number of hydrogen-bond acceptors (Lipinski definition) is 8. The maximum absolute atomic E-state index is 13.5. The number of carbonyl (C=O) groups excluding carboxylic acids is 5. The molecule has 0 aromatic heterocycles. The fourth-order valence-corrected chi connectivity index (χ4v) is 5.36. The molecule has 0 aliphatic carbocycles. The van der Waals surface area contributed by atoms with E-state index in [4.69, 9.17) is 5.11 Å². The molecular formula is C35H65N5O9. The molecule has 0 aliphatic rings. The Kier molecular flexibility index (Phi) is 21.0. The molecule has 8 N–H and O–H groups in total. The molecule has 284 valence electrons. The highest BCUT2D eigenvalue weighted by atomic mass is 16.4. The monoisotopic (exact) mass is 699 g/mol. The SMILES string of the molecule is CC(C)CC(=O)N[C@@H](CC(C)C)C(=O)N[C@H](C(=O)N[C@@H](CC(C)C)[C@@H](O)CC(=O)N[C@@H](C)C(=O)N[C@@H](CC(C)C)[C@@H](O)CC(=O)O)C(C)C. The fraction of sp³-hybridized carbons (Fsp3) is 0.829. The Balaban J connectivity index is 5.65. The largest absolute Gasteiger partial charge is 0.481 e. The molecule has 0 unspecified atom stereocenters. The summed E-state index contributed by atoms with van der Waals surface area (Å²) in [5.74, 6) is -3.87. The van der Waals surface area contributed by atoms with Crippen LogP contribution in [0, 0.1) is 29.6 Å². The van der Waals surface area contributed by atoms with E-state index in [1.54, 1.807) is 13.8 Å². The number of nitrogens with one attached hydrogen (secondary N) is 5. The summed E-state index contributed by atoms with van der Waals surface area (Å²) in [5.41, 5.74) is 0. The van der Waals surface area contributed by atoms with Crippen molar-refractivity contribution in [1.29, 1.82) is 0 Å². The molecule has 0 aliphatic heterocycles. The maximum Gasteiger partial charge on any atom is 0.306 e. The van der Waals surface area contributed by atoms with Gasteiger partial charge in [-0.3, -0.25) is 28.8 Å². The minimum Gasteiger partial charge on any atom is -0.481 e. The van der Waals surface area contributed by atoms with Crippen molar-refractivity contribution in [1.82, 2.24) is 26.6 Å². The standard InChI is InChI=1S/C35H65N5O9/c1-18(2)12-24(27(41)16-30(44)36-23(11)33(47)38-25(13-19(3)4)28(42)17-31(45)46)39-35(49)32(22(9)10)40-34(48)26(14-20(5)6)37-29(43)15-21(7)8/h18-28,32,41-42H,12-17H2,1-11H3,(H,36,44)(H,37,43)(H,38,47)(H,39,49)(H,40,48)(H,45,46)/t23-,24-,25-,26-,27-,28-,32-/m0/s1. The normalized spacial score (nSPS) is 16.0. The van der Waals surface area contributed by atoms with Gasteiger partial charge >= 0.3 is 5.97 Å². The average Bonchev–Trinajstić information content (AvgIpc) is 2.92. The molecular weight excluding hydrogens is 634 g/mol. The Morgan fingerprint density at radius 3 is 1.37 bits per heavy atom. The van der Waals surface area contributed by atoms with Crippen LogP contribution in [0.3, 0.4) is 0 Å². The molecule has 49 heavy (non-hydrogen) atoms. The maximum atomic E-state index is 13.5. The van der Waals surface area contributed by atoms with Crippen LogP contribution in [0.1, 0.15) is 115 Å². The highest BCUT2D eigenvalue weighted by molar-refractivity contribution is 5.92. The Morgan fingerprint density at radius 1 is 0.490 bits per heavy atom. The fourth-order valence-electron chi connectivity index (χ4n) is 5.36. The first-order chi connectivity index (χ1) is 22.5. The number of carbonyl (C=O) groups is 6. The van der Waals surface area contributed by atoms with Crippen molar-refractivity contribution in [2.45, 2.75) is 157 Å². The Labute approximate surface area is 292 Å². The lowest BCUT2D eigenvalue weighted by atomic mass is 9.95. The summed E-state index contributed by atoms with van der Waals surface area (Å²) in [5, 5.41) is 44.0. The second kappa shape index (κ2) is 22.5. The van der Waals surface area contributed by atoms with Crippen LogP contribution in [0.15, 0.2) is 0 Å². The van der Waals surface area contributed by atoms with Gasteiger partial charge in [-0.1, -0.05) is 69.2 Å². The summed E-state index contributed by atoms with van der Waals surface area (Å²) in [4.78, 5) is 76.2. The van der Waals surface area contributed by atoms with E-state index in [2.05, 4.69) is 26.6 Å². The van der Waals surface area contributed by atoms with Gasteiger partial charge in [0.15, 0.2) is 0 Å². The molecule has 14 nitrogen and oxygen atoms in total. The average molecular weight is 700 g/mol. The summed E-state index contributed by atoms with van der Waals surface area (Å²) < 4.78 is 0. The second-order valence-corrected chi connectivity index (χ2v) is 15.3. The first-order valence-electron chi connectivity index (χ1n) is 17.6. The number of amides is 5. The van der Waals surface area contributed by atoms with Crippen LogP contribution in [-0.4, -0.2) is 93.2 Å². The predicted molar refractivity (Wildman–Crippen MR) is 187 cm³/mol. The molecule has 7 atom stereocenters. The van der Waals surface area contributed by atoms with E-state index < -0.39 is 84.9 Å². The van der Waals surface area contributed by atoms with E-state index in [1.165, 1.54) is 6.92 Å². The van der Waals surface area contributed by atoms with Crippen molar-refractivity contribution in [2.24, 2.45) is 29.6 Å². The van der Waals surface area contributed by atoms with Crippen LogP contribution in [0.2, 0.25) is 0 Å². The summed E-state index contributed by atoms with van der Waals surface area (Å²) in [6, 6.07) is -4.59. The third-order valence-electron chi connectivity index (χ3n) is 7.78. The first kappa shape index (κ1) is 45.7. The van der Waals surface area contributed by atoms with E-state index in [1.807, 2.05) is 55.4 Å². The van der Waals surface area contributed by atoms with Crippen molar-refractivity contribution in [2.75, 3.05) is 0 Å². The number of aliphatic hydroxyl groups is 2. The molecule has 0 spiro atoms. The third-order valence-corrected chi connectivity index (χ3v) is 7.78. The molecule has 5 amide bonds. The number of rotatable bonds is 23. The van der Waals surface area contributed by atoms with Crippen molar-refractivity contribution >= 4 is 35.5 Å². The van der Waals surface area contributed by atoms with Crippen LogP contribution < -0.4 is 26.6 Å². The van der Waals surface area contributed by atoms with Gasteiger partial charge in [0, 0.05) is 6.42 Å². The molecule has 0 aromatic carbocycles. The molecule has 0 heterocycles. The molecule has 14 heteroatoms. The van der Waals surface area contributed by atoms with Crippen molar-refractivity contribution < 1.29 is 44.1 Å². The second-order valence-electron chi connectivity index (χ2n) is 15.3. The first-order valence-corrected chi connectivity index (χ1v) is 17.6. The summed E-state index contributed by atoms with van der Waals surface area (Å²) >= 11 is 0. The lowest BCUT2D eigenvalue weighted by Gasteiger charge is -2.30. The number of aliphatic carboxylic acids is 1. The lowest BCUT2D eigenvalue weighted by molar-refractivity contribution is -0.140. The minimum absolute atomic E-state index is 0.0153. The van der Waals surface area contributed by atoms with Gasteiger partial charge in [0.05, 0.1) is 37.1 Å². The number of carboxylic acids is 1. The van der Waals surface area contributed by atoms with Gasteiger partial charge in [0.25, 0.3) is 0 Å². The molecule has 0 saturated heterocycles. The minimum atomic E-state index is -1.33. The van der Waals surface area contributed by atoms with Gasteiger partial charge in [-0.15, -0.1) is 0 Å². The van der Waals surface area contributed by atoms with Gasteiger partial charge in [-0.05, 0) is 55.8 Å². The van der Waals surface area contributed by atoms with E-state index in [9.17, 15) is 39.0 Å². The van der Waals surface area contributed by atoms with E-state index in [0.29, 0.717) is 19.3 Å². The quantitative estimate of drug-likeness (QED) is 0.0778. The number of carboxylic acid groups (broad SMARTS) is 1. The zero-order valence-corrected chi connectivity index (χ0v) is 31.5. The highest BCUT2D eigenvalue weighted by Gasteiger charge is 2.33. The highest BCUT2D eigenvalue weighted by Crippen LogP contribution is 2.15. The molecule has 0 rings (SSSR count). The van der Waals surface area contributed by atoms with Gasteiger partial charge in [-0.25, -0.2) is 0 Å². The van der Waals surface area contributed by atoms with E-state index in [0.717, 1.165) is 0 Å². The van der Waals surface area contributed by atoms with Gasteiger partial charge in [0.1, 0.15) is 18.1 Å². The molecule has 0 saturated carbocycles. The molecule has 0 bridgehead atoms. The van der Waals surface area contributed by atoms with Crippen LogP contribution in [0.5, 0.6) is 0 Å². The molecule has 0 aromatic rings. The molecule has 0 fully saturated rings. The van der Waals surface area contributed by atoms with Gasteiger partial charge in [0.2, 0.25) is 29.5 Å². The van der Waals surface area contributed by atoms with E-state index in [-0.39, 0.29) is 41.9 Å². The van der Waals surface area contributed by atoms with Crippen LogP contribution >= 0.6 is 0 Å². The Hall–Kier alpha value is -3.26. The van der Waals surface area contributed by atoms with Crippen LogP contribution in [0.4, 0.5) is 0 Å². The Bertz CT molecular complexity index is 1080.